The number of fused-ring (bicyclic) bond motifs is 1. The summed E-state index contributed by atoms with van der Waals surface area (Å²) < 4.78 is 33.0. The summed E-state index contributed by atoms with van der Waals surface area (Å²) in [4.78, 5) is 0.174. The van der Waals surface area contributed by atoms with Crippen LogP contribution in [0.2, 0.25) is 13.1 Å². The number of ether oxygens (including phenoxy) is 1. The smallest absolute Gasteiger partial charge is 0.183 e. The highest BCUT2D eigenvalue weighted by Gasteiger charge is 2.78. The molecule has 0 spiro atoms. The van der Waals surface area contributed by atoms with E-state index in [0.29, 0.717) is 0 Å². The monoisotopic (exact) mass is 442 g/mol. The first-order valence-corrected chi connectivity index (χ1v) is 14.5. The van der Waals surface area contributed by atoms with Gasteiger partial charge in [-0.2, -0.15) is 0 Å². The van der Waals surface area contributed by atoms with Gasteiger partial charge >= 0.3 is 0 Å². The van der Waals surface area contributed by atoms with E-state index in [9.17, 15) is 18.6 Å². The van der Waals surface area contributed by atoms with E-state index < -0.39 is 52.4 Å². The van der Waals surface area contributed by atoms with Crippen LogP contribution < -0.4 is 5.19 Å². The van der Waals surface area contributed by atoms with E-state index in [1.165, 1.54) is 0 Å². The van der Waals surface area contributed by atoms with Crippen LogP contribution in [-0.4, -0.2) is 56.0 Å². The van der Waals surface area contributed by atoms with E-state index in [1.807, 2.05) is 43.4 Å². The average Bonchev–Trinajstić information content (AvgIpc) is 2.73. The Kier molecular flexibility index (Phi) is 5.20. The molecule has 2 aliphatic rings. The van der Waals surface area contributed by atoms with E-state index in [-0.39, 0.29) is 11.5 Å². The standard InChI is InChI=1S/C23H26O5SSi/c1-4-18-22-20(21(25)19(24)15-28-22)23(18,29(26,27)16-11-7-5-8-12-16)30(2,3)17-13-9-6-10-14-17/h1,5-14,18-22,24-25H,15H2,2-3H3/t18-,19+,20?,21+,22?,23-/m0/s1. The van der Waals surface area contributed by atoms with Crippen molar-refractivity contribution in [3.63, 3.8) is 0 Å². The highest BCUT2D eigenvalue weighted by atomic mass is 32.2. The van der Waals surface area contributed by atoms with Gasteiger partial charge < -0.3 is 14.9 Å². The molecule has 1 heterocycles. The molecule has 0 bridgehead atoms. The molecule has 2 unspecified atom stereocenters. The Hall–Kier alpha value is -1.95. The highest BCUT2D eigenvalue weighted by molar-refractivity contribution is 7.95. The van der Waals surface area contributed by atoms with Gasteiger partial charge in [0.05, 0.1) is 34.0 Å². The summed E-state index contributed by atoms with van der Waals surface area (Å²) >= 11 is 0. The Balaban J connectivity index is 2.03. The third-order valence-electron chi connectivity index (χ3n) is 7.01. The van der Waals surface area contributed by atoms with Crippen LogP contribution in [0.5, 0.6) is 0 Å². The molecule has 1 saturated carbocycles. The second-order valence-electron chi connectivity index (χ2n) is 8.63. The number of aliphatic hydroxyl groups excluding tert-OH is 2. The van der Waals surface area contributed by atoms with Crippen molar-refractivity contribution in [2.45, 2.75) is 40.7 Å². The minimum atomic E-state index is -3.99. The van der Waals surface area contributed by atoms with Gasteiger partial charge in [0.2, 0.25) is 0 Å². The van der Waals surface area contributed by atoms with Crippen LogP contribution in [0.3, 0.4) is 0 Å². The summed E-state index contributed by atoms with van der Waals surface area (Å²) in [6.07, 6.45) is 2.93. The molecular weight excluding hydrogens is 416 g/mol. The molecule has 1 saturated heterocycles. The summed E-state index contributed by atoms with van der Waals surface area (Å²) in [6, 6.07) is 17.8. The lowest BCUT2D eigenvalue weighted by Crippen LogP contribution is -2.86. The Morgan fingerprint density at radius 2 is 1.63 bits per heavy atom. The van der Waals surface area contributed by atoms with Gasteiger partial charge in [-0.15, -0.1) is 6.42 Å². The maximum Gasteiger partial charge on any atom is 0.183 e. The zero-order valence-electron chi connectivity index (χ0n) is 17.0. The van der Waals surface area contributed by atoms with Crippen molar-refractivity contribution in [3.8, 4) is 12.3 Å². The van der Waals surface area contributed by atoms with E-state index in [1.54, 1.807) is 30.3 Å². The third-order valence-corrected chi connectivity index (χ3v) is 16.0. The van der Waals surface area contributed by atoms with Crippen LogP contribution in [0.4, 0.5) is 0 Å². The third kappa shape index (κ3) is 2.62. The fourth-order valence-corrected chi connectivity index (χ4v) is 14.7. The minimum Gasteiger partial charge on any atom is -0.390 e. The quantitative estimate of drug-likeness (QED) is 0.552. The van der Waals surface area contributed by atoms with Crippen molar-refractivity contribution < 1.29 is 23.4 Å². The van der Waals surface area contributed by atoms with Crippen molar-refractivity contribution in [1.82, 2.24) is 0 Å². The maximum absolute atomic E-state index is 14.3. The molecule has 1 aliphatic heterocycles. The van der Waals surface area contributed by atoms with Gasteiger partial charge in [-0.05, 0) is 12.1 Å². The molecule has 6 atom stereocenters. The molecule has 2 N–H and O–H groups in total. The molecule has 30 heavy (non-hydrogen) atoms. The minimum absolute atomic E-state index is 0.0602. The lowest BCUT2D eigenvalue weighted by Gasteiger charge is -2.66. The van der Waals surface area contributed by atoms with Crippen LogP contribution in [0.25, 0.3) is 0 Å². The van der Waals surface area contributed by atoms with E-state index in [0.717, 1.165) is 5.19 Å². The SMILES string of the molecule is C#C[C@H]1C2OC[C@@H](O)[C@@H](O)C2[C@]1([Si](C)(C)c1ccccc1)S(=O)(=O)c1ccccc1. The Bertz CT molecular complexity index is 1060. The molecule has 7 heteroatoms. The Morgan fingerprint density at radius 3 is 2.20 bits per heavy atom. The highest BCUT2D eigenvalue weighted by Crippen LogP contribution is 2.60. The number of aliphatic hydroxyl groups is 2. The molecule has 0 amide bonds. The van der Waals surface area contributed by atoms with Crippen LogP contribution >= 0.6 is 0 Å². The first kappa shape index (κ1) is 21.3. The molecule has 2 fully saturated rings. The Labute approximate surface area is 178 Å². The van der Waals surface area contributed by atoms with Gasteiger partial charge in [0, 0.05) is 5.92 Å². The summed E-state index contributed by atoms with van der Waals surface area (Å²) in [7, 11) is -6.90. The van der Waals surface area contributed by atoms with Gasteiger partial charge in [-0.25, -0.2) is 8.42 Å². The molecule has 2 aromatic carbocycles. The van der Waals surface area contributed by atoms with Crippen molar-refractivity contribution in [1.29, 1.82) is 0 Å². The van der Waals surface area contributed by atoms with Crippen molar-refractivity contribution in [3.05, 3.63) is 60.7 Å². The predicted octanol–water partition coefficient (Wildman–Crippen LogP) is 1.35. The van der Waals surface area contributed by atoms with Gasteiger partial charge in [0.15, 0.2) is 9.84 Å². The molecule has 158 valence electrons. The number of benzene rings is 2. The number of rotatable bonds is 4. The zero-order valence-corrected chi connectivity index (χ0v) is 18.8. The normalized spacial score (nSPS) is 33.8. The molecule has 5 nitrogen and oxygen atoms in total. The van der Waals surface area contributed by atoms with Crippen molar-refractivity contribution in [2.75, 3.05) is 6.61 Å². The van der Waals surface area contributed by atoms with Crippen LogP contribution in [0, 0.1) is 24.2 Å². The number of hydrogen-bond donors (Lipinski definition) is 2. The molecule has 0 radical (unpaired) electrons. The lowest BCUT2D eigenvalue weighted by atomic mass is 9.65. The first-order valence-electron chi connectivity index (χ1n) is 10.0. The van der Waals surface area contributed by atoms with Gasteiger partial charge in [-0.1, -0.05) is 72.7 Å². The van der Waals surface area contributed by atoms with Crippen molar-refractivity contribution in [2.24, 2.45) is 11.8 Å². The van der Waals surface area contributed by atoms with Crippen LogP contribution in [0.15, 0.2) is 65.6 Å². The van der Waals surface area contributed by atoms with E-state index >= 15 is 0 Å². The van der Waals surface area contributed by atoms with E-state index in [4.69, 9.17) is 11.2 Å². The second kappa shape index (κ2) is 7.33. The molecular formula is C23H26O5SSi. The predicted molar refractivity (Wildman–Crippen MR) is 117 cm³/mol. The van der Waals surface area contributed by atoms with Gasteiger partial charge in [0.25, 0.3) is 0 Å². The van der Waals surface area contributed by atoms with Crippen LogP contribution in [0.1, 0.15) is 0 Å². The van der Waals surface area contributed by atoms with E-state index in [2.05, 4.69) is 5.92 Å². The first-order chi connectivity index (χ1) is 14.2. The second-order valence-corrected chi connectivity index (χ2v) is 15.8. The maximum atomic E-state index is 14.3. The molecule has 4 rings (SSSR count). The number of sulfone groups is 1. The fraction of sp³-hybridized carbons (Fsp3) is 0.391. The fourth-order valence-electron chi connectivity index (χ4n) is 5.56. The average molecular weight is 443 g/mol. The zero-order chi connectivity index (χ0) is 21.7. The number of terminal acetylenes is 1. The largest absolute Gasteiger partial charge is 0.390 e. The van der Waals surface area contributed by atoms with Crippen LogP contribution in [-0.2, 0) is 14.6 Å². The number of hydrogen-bond acceptors (Lipinski definition) is 5. The summed E-state index contributed by atoms with van der Waals surface area (Å²) in [5.41, 5.74) is 0. The van der Waals surface area contributed by atoms with Crippen molar-refractivity contribution >= 4 is 23.1 Å². The summed E-state index contributed by atoms with van der Waals surface area (Å²) in [5.74, 6) is 1.18. The Morgan fingerprint density at radius 1 is 1.07 bits per heavy atom. The summed E-state index contributed by atoms with van der Waals surface area (Å²) in [5, 5.41) is 22.3. The topological polar surface area (TPSA) is 83.8 Å². The van der Waals surface area contributed by atoms with Gasteiger partial charge in [-0.3, -0.25) is 0 Å². The molecule has 1 aliphatic carbocycles. The molecule has 0 aromatic heterocycles. The lowest BCUT2D eigenvalue weighted by molar-refractivity contribution is -0.215. The summed E-state index contributed by atoms with van der Waals surface area (Å²) in [6.45, 7) is 3.91. The molecule has 2 aromatic rings. The van der Waals surface area contributed by atoms with Gasteiger partial charge in [0.1, 0.15) is 14.2 Å².